The Morgan fingerprint density at radius 3 is 2.57 bits per heavy atom. The van der Waals surface area contributed by atoms with E-state index in [-0.39, 0.29) is 11.3 Å². The molecule has 0 aliphatic heterocycles. The number of thiophene rings is 1. The molecule has 0 saturated carbocycles. The predicted molar refractivity (Wildman–Crippen MR) is 119 cm³/mol. The lowest BCUT2D eigenvalue weighted by Crippen LogP contribution is -2.18. The maximum Gasteiger partial charge on any atom is 0.266 e. The lowest BCUT2D eigenvalue weighted by atomic mass is 9.93. The first kappa shape index (κ1) is 18.7. The maximum atomic E-state index is 12.4. The van der Waals surface area contributed by atoms with Crippen molar-refractivity contribution in [1.82, 2.24) is 9.88 Å². The summed E-state index contributed by atoms with van der Waals surface area (Å²) >= 11 is 1.43. The smallest absolute Gasteiger partial charge is 0.266 e. The van der Waals surface area contributed by atoms with Gasteiger partial charge in [0.15, 0.2) is 0 Å². The molecule has 28 heavy (non-hydrogen) atoms. The van der Waals surface area contributed by atoms with Crippen LogP contribution in [0.5, 0.6) is 5.75 Å². The lowest BCUT2D eigenvalue weighted by molar-refractivity contribution is 0.383. The molecular formula is C23H24N2O2S. The number of aromatic nitrogens is 1. The van der Waals surface area contributed by atoms with E-state index in [2.05, 4.69) is 55.2 Å². The fraction of sp³-hybridized carbons (Fsp3) is 0.261. The summed E-state index contributed by atoms with van der Waals surface area (Å²) in [6.07, 6.45) is 0. The Hall–Kier alpha value is -2.63. The van der Waals surface area contributed by atoms with Gasteiger partial charge in [-0.05, 0) is 61.1 Å². The molecular weight excluding hydrogens is 368 g/mol. The summed E-state index contributed by atoms with van der Waals surface area (Å²) in [5, 5.41) is 14.5. The minimum absolute atomic E-state index is 0.0786. The number of fused-ring (bicyclic) bond motifs is 3. The van der Waals surface area contributed by atoms with Crippen LogP contribution in [0, 0.1) is 6.92 Å². The normalized spacial score (nSPS) is 12.9. The predicted octanol–water partition coefficient (Wildman–Crippen LogP) is 5.09. The van der Waals surface area contributed by atoms with Gasteiger partial charge in [0.05, 0.1) is 5.52 Å². The van der Waals surface area contributed by atoms with E-state index in [9.17, 15) is 9.90 Å². The SMILES string of the molecule is Cc1cc(O)c(-c2ccc(C(C)CN(C)C)cc2)c2c1[nH]c(=O)c1sccc12. The van der Waals surface area contributed by atoms with Gasteiger partial charge in [-0.2, -0.15) is 0 Å². The largest absolute Gasteiger partial charge is 0.507 e. The van der Waals surface area contributed by atoms with Crippen molar-refractivity contribution in [2.24, 2.45) is 0 Å². The van der Waals surface area contributed by atoms with E-state index >= 15 is 0 Å². The number of aromatic amines is 1. The van der Waals surface area contributed by atoms with Crippen molar-refractivity contribution in [3.63, 3.8) is 0 Å². The summed E-state index contributed by atoms with van der Waals surface area (Å²) in [6.45, 7) is 5.11. The van der Waals surface area contributed by atoms with Gasteiger partial charge in [0, 0.05) is 22.9 Å². The fourth-order valence-corrected chi connectivity index (χ4v) is 4.80. The van der Waals surface area contributed by atoms with Gasteiger partial charge in [0.2, 0.25) is 0 Å². The van der Waals surface area contributed by atoms with Gasteiger partial charge in [-0.15, -0.1) is 11.3 Å². The molecule has 1 unspecified atom stereocenters. The zero-order valence-corrected chi connectivity index (χ0v) is 17.4. The standard InChI is InChI=1S/C23H24N2O2S/c1-13-11-18(26)19(16-7-5-15(6-8-16)14(2)12-25(3)4)20-17-9-10-28-22(17)23(27)24-21(13)20/h5-11,14,26H,12H2,1-4H3,(H,24,27). The van der Waals surface area contributed by atoms with Crippen LogP contribution < -0.4 is 5.56 Å². The lowest BCUT2D eigenvalue weighted by Gasteiger charge is -2.18. The average Bonchev–Trinajstić information content (AvgIpc) is 3.13. The van der Waals surface area contributed by atoms with Gasteiger partial charge >= 0.3 is 0 Å². The molecule has 5 heteroatoms. The second-order valence-corrected chi connectivity index (χ2v) is 8.66. The van der Waals surface area contributed by atoms with Gasteiger partial charge in [-0.1, -0.05) is 31.2 Å². The van der Waals surface area contributed by atoms with Crippen molar-refractivity contribution in [1.29, 1.82) is 0 Å². The van der Waals surface area contributed by atoms with E-state index in [0.717, 1.165) is 39.5 Å². The molecule has 0 aliphatic carbocycles. The number of hydrogen-bond donors (Lipinski definition) is 2. The summed E-state index contributed by atoms with van der Waals surface area (Å²) in [6, 6.07) is 12.1. The second kappa shape index (κ2) is 7.08. The maximum absolute atomic E-state index is 12.4. The summed E-state index contributed by atoms with van der Waals surface area (Å²) < 4.78 is 0.690. The number of pyridine rings is 1. The highest BCUT2D eigenvalue weighted by atomic mass is 32.1. The van der Waals surface area contributed by atoms with Crippen LogP contribution in [0.2, 0.25) is 0 Å². The first-order valence-electron chi connectivity index (χ1n) is 9.37. The molecule has 2 heterocycles. The van der Waals surface area contributed by atoms with Crippen LogP contribution in [-0.2, 0) is 0 Å². The number of hydrogen-bond acceptors (Lipinski definition) is 4. The minimum Gasteiger partial charge on any atom is -0.507 e. The zero-order valence-electron chi connectivity index (χ0n) is 16.5. The summed E-state index contributed by atoms with van der Waals surface area (Å²) in [5.74, 6) is 0.658. The zero-order chi connectivity index (χ0) is 20.0. The Kier molecular flexibility index (Phi) is 4.73. The van der Waals surface area contributed by atoms with Gasteiger partial charge in [0.25, 0.3) is 5.56 Å². The third-order valence-corrected chi connectivity index (χ3v) is 6.20. The second-order valence-electron chi connectivity index (χ2n) is 7.74. The number of nitrogens with zero attached hydrogens (tertiary/aromatic N) is 1. The monoisotopic (exact) mass is 392 g/mol. The van der Waals surface area contributed by atoms with Gasteiger partial charge in [0.1, 0.15) is 10.4 Å². The molecule has 2 N–H and O–H groups in total. The van der Waals surface area contributed by atoms with Crippen molar-refractivity contribution in [2.75, 3.05) is 20.6 Å². The number of phenols is 1. The summed E-state index contributed by atoms with van der Waals surface area (Å²) in [4.78, 5) is 17.6. The van der Waals surface area contributed by atoms with Gasteiger partial charge in [-0.3, -0.25) is 4.79 Å². The summed E-state index contributed by atoms with van der Waals surface area (Å²) in [5.41, 5.74) is 4.55. The van der Waals surface area contributed by atoms with E-state index in [4.69, 9.17) is 0 Å². The molecule has 0 radical (unpaired) electrons. The van der Waals surface area contributed by atoms with Gasteiger partial charge in [-0.25, -0.2) is 0 Å². The Balaban J connectivity index is 1.94. The number of nitrogens with one attached hydrogen (secondary N) is 1. The quantitative estimate of drug-likeness (QED) is 0.509. The number of likely N-dealkylation sites (N-methyl/N-ethyl adjacent to an activating group) is 1. The number of phenolic OH excluding ortho intramolecular Hbond substituents is 1. The molecule has 144 valence electrons. The van der Waals surface area contributed by atoms with Crippen molar-refractivity contribution < 1.29 is 5.11 Å². The highest BCUT2D eigenvalue weighted by Gasteiger charge is 2.17. The number of aryl methyl sites for hydroxylation is 1. The molecule has 0 saturated heterocycles. The van der Waals surface area contributed by atoms with E-state index in [1.807, 2.05) is 18.4 Å². The molecule has 0 aliphatic rings. The number of benzene rings is 2. The first-order chi connectivity index (χ1) is 13.4. The van der Waals surface area contributed by atoms with Crippen LogP contribution in [0.25, 0.3) is 32.1 Å². The molecule has 2 aromatic heterocycles. The van der Waals surface area contributed by atoms with Crippen LogP contribution in [0.4, 0.5) is 0 Å². The highest BCUT2D eigenvalue weighted by molar-refractivity contribution is 7.17. The molecule has 2 aromatic carbocycles. The number of aromatic hydroxyl groups is 1. The summed E-state index contributed by atoms with van der Waals surface area (Å²) in [7, 11) is 4.16. The number of rotatable bonds is 4. The molecule has 0 amide bonds. The molecule has 0 fully saturated rings. The fourth-order valence-electron chi connectivity index (χ4n) is 4.01. The Labute approximate surface area is 168 Å². The Morgan fingerprint density at radius 2 is 1.89 bits per heavy atom. The molecule has 4 aromatic rings. The highest BCUT2D eigenvalue weighted by Crippen LogP contribution is 2.41. The van der Waals surface area contributed by atoms with Crippen LogP contribution in [-0.4, -0.2) is 35.6 Å². The third-order valence-electron chi connectivity index (χ3n) is 5.29. The first-order valence-corrected chi connectivity index (χ1v) is 10.3. The van der Waals surface area contributed by atoms with Crippen LogP contribution in [0.15, 0.2) is 46.6 Å². The minimum atomic E-state index is -0.0786. The average molecular weight is 393 g/mol. The van der Waals surface area contributed by atoms with E-state index in [0.29, 0.717) is 10.6 Å². The van der Waals surface area contributed by atoms with Crippen LogP contribution in [0.3, 0.4) is 0 Å². The Bertz CT molecular complexity index is 1220. The van der Waals surface area contributed by atoms with Crippen molar-refractivity contribution in [3.05, 3.63) is 63.3 Å². The van der Waals surface area contributed by atoms with Crippen molar-refractivity contribution in [2.45, 2.75) is 19.8 Å². The van der Waals surface area contributed by atoms with Crippen molar-refractivity contribution >= 4 is 32.3 Å². The van der Waals surface area contributed by atoms with Crippen molar-refractivity contribution in [3.8, 4) is 16.9 Å². The topological polar surface area (TPSA) is 56.3 Å². The van der Waals surface area contributed by atoms with E-state index in [1.54, 1.807) is 6.07 Å². The molecule has 0 spiro atoms. The van der Waals surface area contributed by atoms with Crippen LogP contribution >= 0.6 is 11.3 Å². The number of H-pyrrole nitrogens is 1. The molecule has 4 rings (SSSR count). The third kappa shape index (κ3) is 3.11. The molecule has 1 atom stereocenters. The molecule has 4 nitrogen and oxygen atoms in total. The van der Waals surface area contributed by atoms with E-state index in [1.165, 1.54) is 16.9 Å². The Morgan fingerprint density at radius 1 is 1.18 bits per heavy atom. The van der Waals surface area contributed by atoms with E-state index < -0.39 is 0 Å². The van der Waals surface area contributed by atoms with Gasteiger partial charge < -0.3 is 15.0 Å². The van der Waals surface area contributed by atoms with Crippen LogP contribution in [0.1, 0.15) is 24.0 Å². The molecule has 0 bridgehead atoms.